The van der Waals surface area contributed by atoms with Crippen LogP contribution in [0.3, 0.4) is 0 Å². The summed E-state index contributed by atoms with van der Waals surface area (Å²) in [5, 5.41) is 3.95. The molecule has 1 aromatic carbocycles. The van der Waals surface area contributed by atoms with E-state index in [1.54, 1.807) is 0 Å². The molecule has 0 aliphatic carbocycles. The third kappa shape index (κ3) is 4.46. The van der Waals surface area contributed by atoms with Gasteiger partial charge in [0.25, 0.3) is 0 Å². The Morgan fingerprint density at radius 2 is 2.11 bits per heavy atom. The molecule has 19 heavy (non-hydrogen) atoms. The normalized spacial score (nSPS) is 18.4. The van der Waals surface area contributed by atoms with E-state index >= 15 is 0 Å². The number of ether oxygens (including phenoxy) is 2. The topological polar surface area (TPSA) is 30.5 Å². The van der Waals surface area contributed by atoms with Crippen LogP contribution in [0.4, 0.5) is 0 Å². The van der Waals surface area contributed by atoms with E-state index < -0.39 is 0 Å². The molecule has 1 heterocycles. The molecule has 1 fully saturated rings. The Bertz CT molecular complexity index is 380. The number of hydrogen-bond donors (Lipinski definition) is 1. The molecule has 106 valence electrons. The van der Waals surface area contributed by atoms with Crippen molar-refractivity contribution in [1.29, 1.82) is 0 Å². The summed E-state index contributed by atoms with van der Waals surface area (Å²) in [5.74, 6) is 0.607. The van der Waals surface area contributed by atoms with Gasteiger partial charge in [-0.2, -0.15) is 0 Å². The van der Waals surface area contributed by atoms with Gasteiger partial charge in [0.2, 0.25) is 0 Å². The number of halogens is 1. The minimum absolute atomic E-state index is 0.0153. The van der Waals surface area contributed by atoms with Crippen LogP contribution >= 0.6 is 11.6 Å². The zero-order chi connectivity index (χ0) is 13.5. The Morgan fingerprint density at radius 3 is 2.79 bits per heavy atom. The molecule has 3 nitrogen and oxygen atoms in total. The van der Waals surface area contributed by atoms with Crippen molar-refractivity contribution >= 4 is 11.6 Å². The van der Waals surface area contributed by atoms with Crippen LogP contribution in [0.5, 0.6) is 0 Å². The first-order chi connectivity index (χ1) is 9.31. The van der Waals surface area contributed by atoms with Gasteiger partial charge in [0.05, 0.1) is 12.7 Å². The molecule has 0 aromatic heterocycles. The predicted octanol–water partition coefficient (Wildman–Crippen LogP) is 3.04. The van der Waals surface area contributed by atoms with Crippen molar-refractivity contribution in [3.05, 3.63) is 34.9 Å². The maximum atomic E-state index is 6.25. The third-order valence-electron chi connectivity index (χ3n) is 3.52. The molecule has 4 heteroatoms. The first-order valence-corrected chi connectivity index (χ1v) is 7.27. The lowest BCUT2D eigenvalue weighted by Crippen LogP contribution is -2.25. The second-order valence-electron chi connectivity index (χ2n) is 4.96. The monoisotopic (exact) mass is 283 g/mol. The van der Waals surface area contributed by atoms with Gasteiger partial charge < -0.3 is 14.8 Å². The zero-order valence-electron chi connectivity index (χ0n) is 11.4. The summed E-state index contributed by atoms with van der Waals surface area (Å²) < 4.78 is 11.5. The molecule has 1 aliphatic heterocycles. The van der Waals surface area contributed by atoms with Crippen LogP contribution in [-0.2, 0) is 9.47 Å². The van der Waals surface area contributed by atoms with E-state index in [9.17, 15) is 0 Å². The Kier molecular flexibility index (Phi) is 6.11. The minimum atomic E-state index is 0.0153. The number of likely N-dealkylation sites (N-methyl/N-ethyl adjacent to an activating group) is 1. The van der Waals surface area contributed by atoms with E-state index in [0.29, 0.717) is 5.92 Å². The SMILES string of the molecule is CNCC(OCC1CCOCC1)c1ccccc1Cl. The Balaban J connectivity index is 1.94. The summed E-state index contributed by atoms with van der Waals surface area (Å²) in [5.41, 5.74) is 1.06. The fraction of sp³-hybridized carbons (Fsp3) is 0.600. The first kappa shape index (κ1) is 14.8. The highest BCUT2D eigenvalue weighted by molar-refractivity contribution is 6.31. The van der Waals surface area contributed by atoms with E-state index in [2.05, 4.69) is 5.32 Å². The molecule has 1 aromatic rings. The van der Waals surface area contributed by atoms with E-state index in [1.807, 2.05) is 31.3 Å². The molecule has 1 saturated heterocycles. The molecule has 0 bridgehead atoms. The summed E-state index contributed by atoms with van der Waals surface area (Å²) in [7, 11) is 1.93. The fourth-order valence-corrected chi connectivity index (χ4v) is 2.60. The van der Waals surface area contributed by atoms with E-state index in [4.69, 9.17) is 21.1 Å². The number of nitrogens with one attached hydrogen (secondary N) is 1. The summed E-state index contributed by atoms with van der Waals surface area (Å²) in [4.78, 5) is 0. The molecule has 0 saturated carbocycles. The summed E-state index contributed by atoms with van der Waals surface area (Å²) in [6.45, 7) is 3.27. The van der Waals surface area contributed by atoms with Crippen LogP contribution in [0, 0.1) is 5.92 Å². The maximum absolute atomic E-state index is 6.25. The van der Waals surface area contributed by atoms with Crippen molar-refractivity contribution in [3.63, 3.8) is 0 Å². The van der Waals surface area contributed by atoms with Crippen molar-refractivity contribution in [2.75, 3.05) is 33.4 Å². The fourth-order valence-electron chi connectivity index (χ4n) is 2.35. The van der Waals surface area contributed by atoms with Crippen LogP contribution in [0.1, 0.15) is 24.5 Å². The van der Waals surface area contributed by atoms with E-state index in [0.717, 1.165) is 49.8 Å². The second kappa shape index (κ2) is 7.85. The zero-order valence-corrected chi connectivity index (χ0v) is 12.2. The van der Waals surface area contributed by atoms with Gasteiger partial charge in [-0.1, -0.05) is 29.8 Å². The van der Waals surface area contributed by atoms with Crippen molar-refractivity contribution < 1.29 is 9.47 Å². The molecule has 1 unspecified atom stereocenters. The van der Waals surface area contributed by atoms with Crippen LogP contribution in [0.15, 0.2) is 24.3 Å². The Morgan fingerprint density at radius 1 is 1.37 bits per heavy atom. The van der Waals surface area contributed by atoms with Crippen molar-refractivity contribution in [3.8, 4) is 0 Å². The van der Waals surface area contributed by atoms with Gasteiger partial charge >= 0.3 is 0 Å². The Labute approximate surface area is 120 Å². The summed E-state index contributed by atoms with van der Waals surface area (Å²) in [6.07, 6.45) is 2.20. The third-order valence-corrected chi connectivity index (χ3v) is 3.86. The number of hydrogen-bond acceptors (Lipinski definition) is 3. The number of benzene rings is 1. The van der Waals surface area contributed by atoms with Crippen molar-refractivity contribution in [2.45, 2.75) is 18.9 Å². The van der Waals surface area contributed by atoms with Gasteiger partial charge in [0.1, 0.15) is 0 Å². The van der Waals surface area contributed by atoms with Crippen LogP contribution < -0.4 is 5.32 Å². The molecular weight excluding hydrogens is 262 g/mol. The van der Waals surface area contributed by atoms with Crippen molar-refractivity contribution in [1.82, 2.24) is 5.32 Å². The highest BCUT2D eigenvalue weighted by Crippen LogP contribution is 2.26. The van der Waals surface area contributed by atoms with Crippen molar-refractivity contribution in [2.24, 2.45) is 5.92 Å². The average Bonchev–Trinajstić information content (AvgIpc) is 2.45. The largest absolute Gasteiger partial charge is 0.381 e. The highest BCUT2D eigenvalue weighted by atomic mass is 35.5. The average molecular weight is 284 g/mol. The van der Waals surface area contributed by atoms with Gasteiger partial charge in [0, 0.05) is 30.3 Å². The Hall–Kier alpha value is -0.610. The minimum Gasteiger partial charge on any atom is -0.381 e. The predicted molar refractivity (Wildman–Crippen MR) is 77.6 cm³/mol. The molecule has 1 N–H and O–H groups in total. The highest BCUT2D eigenvalue weighted by Gasteiger charge is 2.19. The molecule has 1 aliphatic rings. The standard InChI is InChI=1S/C15H22ClNO2/c1-17-10-15(13-4-2-3-5-14(13)16)19-11-12-6-8-18-9-7-12/h2-5,12,15,17H,6-11H2,1H3. The van der Waals surface area contributed by atoms with Gasteiger partial charge in [-0.3, -0.25) is 0 Å². The molecule has 0 radical (unpaired) electrons. The molecule has 0 spiro atoms. The quantitative estimate of drug-likeness (QED) is 0.870. The lowest BCUT2D eigenvalue weighted by atomic mass is 10.0. The van der Waals surface area contributed by atoms with Crippen LogP contribution in [0.2, 0.25) is 5.02 Å². The summed E-state index contributed by atoms with van der Waals surface area (Å²) in [6, 6.07) is 7.90. The van der Waals surface area contributed by atoms with E-state index in [1.165, 1.54) is 0 Å². The van der Waals surface area contributed by atoms with Gasteiger partial charge in [-0.25, -0.2) is 0 Å². The lowest BCUT2D eigenvalue weighted by molar-refractivity contribution is -0.0108. The van der Waals surface area contributed by atoms with Crippen LogP contribution in [-0.4, -0.2) is 33.4 Å². The summed E-state index contributed by atoms with van der Waals surface area (Å²) >= 11 is 6.25. The molecule has 2 rings (SSSR count). The van der Waals surface area contributed by atoms with Gasteiger partial charge in [0.15, 0.2) is 0 Å². The smallest absolute Gasteiger partial charge is 0.0963 e. The lowest BCUT2D eigenvalue weighted by Gasteiger charge is -2.25. The van der Waals surface area contributed by atoms with Crippen LogP contribution in [0.25, 0.3) is 0 Å². The molecular formula is C15H22ClNO2. The van der Waals surface area contributed by atoms with E-state index in [-0.39, 0.29) is 6.10 Å². The maximum Gasteiger partial charge on any atom is 0.0963 e. The number of rotatable bonds is 6. The molecule has 1 atom stereocenters. The van der Waals surface area contributed by atoms with Gasteiger partial charge in [-0.05, 0) is 31.9 Å². The molecule has 0 amide bonds. The first-order valence-electron chi connectivity index (χ1n) is 6.89. The van der Waals surface area contributed by atoms with Gasteiger partial charge in [-0.15, -0.1) is 0 Å². The second-order valence-corrected chi connectivity index (χ2v) is 5.36.